The van der Waals surface area contributed by atoms with Gasteiger partial charge in [0, 0.05) is 26.2 Å². The van der Waals surface area contributed by atoms with Crippen molar-refractivity contribution in [1.29, 1.82) is 0 Å². The molecule has 2 aliphatic heterocycles. The lowest BCUT2D eigenvalue weighted by Crippen LogP contribution is -2.54. The summed E-state index contributed by atoms with van der Waals surface area (Å²) in [7, 11) is 1.66. The average molecular weight is 430 g/mol. The van der Waals surface area contributed by atoms with Gasteiger partial charge in [0.15, 0.2) is 0 Å². The molecule has 3 aliphatic rings. The van der Waals surface area contributed by atoms with Gasteiger partial charge in [-0.05, 0) is 43.7 Å². The van der Waals surface area contributed by atoms with Crippen LogP contribution in [-0.2, 0) is 9.59 Å². The summed E-state index contributed by atoms with van der Waals surface area (Å²) in [5.41, 5.74) is 2.72. The minimum Gasteiger partial charge on any atom is -0.495 e. The van der Waals surface area contributed by atoms with Crippen LogP contribution in [0.3, 0.4) is 0 Å². The molecule has 0 unspecified atom stereocenters. The van der Waals surface area contributed by atoms with E-state index in [1.165, 1.54) is 0 Å². The van der Waals surface area contributed by atoms with E-state index < -0.39 is 11.6 Å². The molecule has 9 nitrogen and oxygen atoms in total. The lowest BCUT2D eigenvalue weighted by atomic mass is 9.77. The van der Waals surface area contributed by atoms with E-state index in [0.29, 0.717) is 31.8 Å². The molecule has 1 saturated carbocycles. The topological polar surface area (TPSA) is 94.2 Å². The molecule has 3 fully saturated rings. The number of nitrogens with one attached hydrogen (secondary N) is 2. The van der Waals surface area contributed by atoms with Gasteiger partial charge in [-0.25, -0.2) is 4.79 Å². The molecule has 2 saturated heterocycles. The van der Waals surface area contributed by atoms with Gasteiger partial charge in [-0.2, -0.15) is 5.01 Å². The van der Waals surface area contributed by atoms with E-state index in [9.17, 15) is 14.4 Å². The lowest BCUT2D eigenvalue weighted by Gasteiger charge is -2.36. The summed E-state index contributed by atoms with van der Waals surface area (Å²) in [6.07, 6.45) is 3.03. The van der Waals surface area contributed by atoms with Crippen LogP contribution in [-0.4, -0.2) is 73.1 Å². The van der Waals surface area contributed by atoms with Crippen molar-refractivity contribution in [1.82, 2.24) is 20.7 Å². The zero-order valence-corrected chi connectivity index (χ0v) is 18.2. The molecule has 2 N–H and O–H groups in total. The number of hydrogen-bond acceptors (Lipinski definition) is 6. The smallest absolute Gasteiger partial charge is 0.344 e. The third-order valence-electron chi connectivity index (χ3n) is 6.69. The van der Waals surface area contributed by atoms with E-state index >= 15 is 0 Å². The van der Waals surface area contributed by atoms with Gasteiger partial charge in [-0.1, -0.05) is 19.1 Å². The summed E-state index contributed by atoms with van der Waals surface area (Å²) < 4.78 is 5.44. The number of amides is 4. The highest BCUT2D eigenvalue weighted by molar-refractivity contribution is 6.08. The van der Waals surface area contributed by atoms with Crippen molar-refractivity contribution < 1.29 is 19.1 Å². The predicted octanol–water partition coefficient (Wildman–Crippen LogP) is 1.35. The van der Waals surface area contributed by atoms with Crippen LogP contribution in [0.2, 0.25) is 0 Å². The molecule has 1 spiro atoms. The van der Waals surface area contributed by atoms with E-state index in [2.05, 4.69) is 22.6 Å². The molecule has 31 heavy (non-hydrogen) atoms. The molecule has 168 valence electrons. The van der Waals surface area contributed by atoms with E-state index in [-0.39, 0.29) is 18.4 Å². The summed E-state index contributed by atoms with van der Waals surface area (Å²) in [6, 6.07) is 7.36. The number of benzene rings is 1. The average Bonchev–Trinajstić information content (AvgIpc) is 3.00. The zero-order chi connectivity index (χ0) is 22.0. The number of urea groups is 1. The Bertz CT molecular complexity index is 844. The molecule has 0 aromatic heterocycles. The Kier molecular flexibility index (Phi) is 6.04. The minimum atomic E-state index is -0.850. The molecule has 1 aliphatic carbocycles. The van der Waals surface area contributed by atoms with Crippen LogP contribution in [0.4, 0.5) is 10.5 Å². The predicted molar refractivity (Wildman–Crippen MR) is 116 cm³/mol. The van der Waals surface area contributed by atoms with Gasteiger partial charge in [0.25, 0.3) is 11.8 Å². The fourth-order valence-corrected chi connectivity index (χ4v) is 4.72. The number of ether oxygens (including phenoxy) is 1. The molecular weight excluding hydrogens is 398 g/mol. The number of anilines is 1. The van der Waals surface area contributed by atoms with Crippen molar-refractivity contribution in [3.8, 4) is 5.75 Å². The maximum atomic E-state index is 12.9. The van der Waals surface area contributed by atoms with Gasteiger partial charge in [0.2, 0.25) is 0 Å². The second-order valence-electron chi connectivity index (χ2n) is 8.81. The van der Waals surface area contributed by atoms with Crippen LogP contribution < -0.4 is 20.4 Å². The third-order valence-corrected chi connectivity index (χ3v) is 6.69. The maximum Gasteiger partial charge on any atom is 0.344 e. The van der Waals surface area contributed by atoms with Crippen LogP contribution in [0, 0.1) is 5.92 Å². The van der Waals surface area contributed by atoms with Gasteiger partial charge in [0.05, 0.1) is 19.3 Å². The molecule has 1 aromatic rings. The molecule has 4 rings (SSSR count). The van der Waals surface area contributed by atoms with Gasteiger partial charge in [-0.15, -0.1) is 0 Å². The van der Waals surface area contributed by atoms with E-state index in [0.717, 1.165) is 42.4 Å². The molecule has 1 aromatic carbocycles. The number of hydrogen-bond donors (Lipinski definition) is 2. The normalized spacial score (nSPS) is 26.8. The summed E-state index contributed by atoms with van der Waals surface area (Å²) in [6.45, 7) is 5.22. The zero-order valence-electron chi connectivity index (χ0n) is 18.2. The van der Waals surface area contributed by atoms with Crippen molar-refractivity contribution in [2.24, 2.45) is 5.92 Å². The Hall–Kier alpha value is -2.81. The number of carbonyl (C=O) groups is 3. The third kappa shape index (κ3) is 4.32. The van der Waals surface area contributed by atoms with E-state index in [4.69, 9.17) is 4.74 Å². The number of hydrazine groups is 1. The highest BCUT2D eigenvalue weighted by Crippen LogP contribution is 2.35. The number of methoxy groups -OCH3 is 1. The SMILES string of the molecule is COc1ccccc1N1CCN(CC(=O)NN2C(=O)NC3(CCC(C)CC3)C2=O)CC1. The number of para-hydroxylation sites is 2. The Morgan fingerprint density at radius 2 is 1.84 bits per heavy atom. The minimum absolute atomic E-state index is 0.140. The van der Waals surface area contributed by atoms with Crippen molar-refractivity contribution in [3.05, 3.63) is 24.3 Å². The quantitative estimate of drug-likeness (QED) is 0.687. The van der Waals surface area contributed by atoms with Gasteiger partial charge in [0.1, 0.15) is 11.3 Å². The van der Waals surface area contributed by atoms with Crippen molar-refractivity contribution >= 4 is 23.5 Å². The van der Waals surface area contributed by atoms with Gasteiger partial charge >= 0.3 is 6.03 Å². The number of rotatable bonds is 5. The van der Waals surface area contributed by atoms with Gasteiger partial charge in [-0.3, -0.25) is 19.9 Å². The molecule has 9 heteroatoms. The van der Waals surface area contributed by atoms with Gasteiger partial charge < -0.3 is 15.0 Å². The lowest BCUT2D eigenvalue weighted by molar-refractivity contribution is -0.140. The monoisotopic (exact) mass is 429 g/mol. The first kappa shape index (κ1) is 21.4. The van der Waals surface area contributed by atoms with E-state index in [1.54, 1.807) is 7.11 Å². The second kappa shape index (κ2) is 8.74. The Morgan fingerprint density at radius 3 is 2.52 bits per heavy atom. The highest BCUT2D eigenvalue weighted by Gasteiger charge is 2.52. The number of piperazine rings is 1. The molecule has 4 amide bonds. The van der Waals surface area contributed by atoms with Crippen LogP contribution in [0.15, 0.2) is 24.3 Å². The molecule has 0 bridgehead atoms. The molecule has 0 atom stereocenters. The standard InChI is InChI=1S/C22H31N5O4/c1-16-7-9-22(10-8-16)20(29)27(21(30)23-22)24-19(28)15-25-11-13-26(14-12-25)17-5-3-4-6-18(17)31-2/h3-6,16H,7-15H2,1-2H3,(H,23,30)(H,24,28). The number of imide groups is 1. The number of nitrogens with zero attached hydrogens (tertiary/aromatic N) is 3. The van der Waals surface area contributed by atoms with Crippen molar-refractivity contribution in [3.63, 3.8) is 0 Å². The second-order valence-corrected chi connectivity index (χ2v) is 8.81. The first-order chi connectivity index (χ1) is 14.9. The molecule has 2 heterocycles. The van der Waals surface area contributed by atoms with Crippen LogP contribution in [0.1, 0.15) is 32.6 Å². The number of carbonyl (C=O) groups excluding carboxylic acids is 3. The Morgan fingerprint density at radius 1 is 1.16 bits per heavy atom. The highest BCUT2D eigenvalue weighted by atomic mass is 16.5. The summed E-state index contributed by atoms with van der Waals surface area (Å²) in [5.74, 6) is 0.695. The largest absolute Gasteiger partial charge is 0.495 e. The summed E-state index contributed by atoms with van der Waals surface area (Å²) in [5, 5.41) is 3.70. The van der Waals surface area contributed by atoms with Crippen LogP contribution in [0.5, 0.6) is 5.75 Å². The summed E-state index contributed by atoms with van der Waals surface area (Å²) in [4.78, 5) is 42.1. The fraction of sp³-hybridized carbons (Fsp3) is 0.591. The van der Waals surface area contributed by atoms with Crippen molar-refractivity contribution in [2.75, 3.05) is 44.7 Å². The fourth-order valence-electron chi connectivity index (χ4n) is 4.72. The summed E-state index contributed by atoms with van der Waals surface area (Å²) >= 11 is 0. The molecule has 0 radical (unpaired) electrons. The Balaban J connectivity index is 1.29. The molecular formula is C22H31N5O4. The van der Waals surface area contributed by atoms with Crippen LogP contribution in [0.25, 0.3) is 0 Å². The first-order valence-corrected chi connectivity index (χ1v) is 11.0. The van der Waals surface area contributed by atoms with Crippen LogP contribution >= 0.6 is 0 Å². The van der Waals surface area contributed by atoms with E-state index in [1.807, 2.05) is 29.2 Å². The van der Waals surface area contributed by atoms with Crippen molar-refractivity contribution in [2.45, 2.75) is 38.1 Å². The Labute approximate surface area is 182 Å². The first-order valence-electron chi connectivity index (χ1n) is 11.0. The maximum absolute atomic E-state index is 12.9.